The summed E-state index contributed by atoms with van der Waals surface area (Å²) >= 11 is 2.50. The summed E-state index contributed by atoms with van der Waals surface area (Å²) in [5.74, 6) is -0.415. The van der Waals surface area contributed by atoms with Gasteiger partial charge in [-0.3, -0.25) is 4.79 Å². The number of hydrogen-bond donors (Lipinski definition) is 1. The molecule has 1 aromatic carbocycles. The molecule has 3 aromatic rings. The van der Waals surface area contributed by atoms with Gasteiger partial charge in [-0.1, -0.05) is 34.7 Å². The highest BCUT2D eigenvalue weighted by Crippen LogP contribution is 2.28. The summed E-state index contributed by atoms with van der Waals surface area (Å²) < 4.78 is 5.21. The lowest BCUT2D eigenvalue weighted by atomic mass is 10.0. The third-order valence-electron chi connectivity index (χ3n) is 4.35. The quantitative estimate of drug-likeness (QED) is 0.415. The normalized spacial score (nSPS) is 11.2. The molecular formula is C22H25N3O3S2. The van der Waals surface area contributed by atoms with Crippen LogP contribution in [0.25, 0.3) is 10.9 Å². The number of aryl methyl sites for hydroxylation is 4. The summed E-state index contributed by atoms with van der Waals surface area (Å²) in [5.41, 5.74) is 4.98. The maximum Gasteiger partial charge on any atom is 0.350 e. The van der Waals surface area contributed by atoms with Crippen molar-refractivity contribution >= 4 is 51.0 Å². The Labute approximate surface area is 184 Å². The standard InChI is InChI=1S/C22H25N3O3S2/c1-11(2)28-21(27)20-15(6)23-22(30-20)24-17(26)10-29-18-9-13(4)16-8-12(3)7-14(5)19(16)25-18/h7-9,11H,10H2,1-6H3,(H,23,24,26). The van der Waals surface area contributed by atoms with E-state index in [-0.39, 0.29) is 17.8 Å². The lowest BCUT2D eigenvalue weighted by Gasteiger charge is -2.09. The van der Waals surface area contributed by atoms with E-state index in [0.717, 1.165) is 38.4 Å². The van der Waals surface area contributed by atoms with E-state index >= 15 is 0 Å². The Kier molecular flexibility index (Phi) is 6.77. The molecule has 30 heavy (non-hydrogen) atoms. The second-order valence-electron chi connectivity index (χ2n) is 7.48. The van der Waals surface area contributed by atoms with Crippen molar-refractivity contribution in [2.75, 3.05) is 11.1 Å². The predicted octanol–water partition coefficient (Wildman–Crippen LogP) is 5.22. The minimum Gasteiger partial charge on any atom is -0.459 e. The number of aromatic nitrogens is 2. The Bertz CT molecular complexity index is 1120. The number of pyridine rings is 1. The second-order valence-corrected chi connectivity index (χ2v) is 9.47. The molecule has 2 heterocycles. The van der Waals surface area contributed by atoms with Crippen molar-refractivity contribution in [3.63, 3.8) is 0 Å². The van der Waals surface area contributed by atoms with Crippen LogP contribution in [0, 0.1) is 27.7 Å². The number of fused-ring (bicyclic) bond motifs is 1. The van der Waals surface area contributed by atoms with Gasteiger partial charge in [-0.15, -0.1) is 0 Å². The predicted molar refractivity (Wildman–Crippen MR) is 123 cm³/mol. The molecule has 0 radical (unpaired) electrons. The van der Waals surface area contributed by atoms with Gasteiger partial charge in [-0.2, -0.15) is 0 Å². The zero-order valence-corrected chi connectivity index (χ0v) is 19.6. The van der Waals surface area contributed by atoms with Crippen LogP contribution in [0.1, 0.15) is 45.9 Å². The molecule has 8 heteroatoms. The number of hydrogen-bond acceptors (Lipinski definition) is 7. The Balaban J connectivity index is 1.67. The van der Waals surface area contributed by atoms with Gasteiger partial charge in [0.15, 0.2) is 5.13 Å². The smallest absolute Gasteiger partial charge is 0.350 e. The first kappa shape index (κ1) is 22.2. The summed E-state index contributed by atoms with van der Waals surface area (Å²) in [7, 11) is 0. The molecule has 0 unspecified atom stereocenters. The molecular weight excluding hydrogens is 418 g/mol. The molecule has 0 aliphatic carbocycles. The first-order valence-electron chi connectivity index (χ1n) is 9.63. The third-order valence-corrected chi connectivity index (χ3v) is 6.32. The highest BCUT2D eigenvalue weighted by atomic mass is 32.2. The molecule has 0 spiro atoms. The minimum absolute atomic E-state index is 0.197. The third kappa shape index (κ3) is 5.17. The number of anilines is 1. The van der Waals surface area contributed by atoms with Crippen LogP contribution in [0.2, 0.25) is 0 Å². The lowest BCUT2D eigenvalue weighted by Crippen LogP contribution is -2.14. The topological polar surface area (TPSA) is 81.2 Å². The summed E-state index contributed by atoms with van der Waals surface area (Å²) in [6.07, 6.45) is -0.209. The number of amides is 1. The molecule has 2 aromatic heterocycles. The van der Waals surface area contributed by atoms with Crippen molar-refractivity contribution in [1.82, 2.24) is 9.97 Å². The number of nitrogens with one attached hydrogen (secondary N) is 1. The number of rotatable bonds is 6. The van der Waals surface area contributed by atoms with Crippen LogP contribution < -0.4 is 5.32 Å². The van der Waals surface area contributed by atoms with Crippen LogP contribution in [-0.2, 0) is 9.53 Å². The molecule has 3 rings (SSSR count). The van der Waals surface area contributed by atoms with E-state index in [2.05, 4.69) is 43.2 Å². The van der Waals surface area contributed by atoms with E-state index in [4.69, 9.17) is 9.72 Å². The summed E-state index contributed by atoms with van der Waals surface area (Å²) in [6, 6.07) is 6.26. The van der Waals surface area contributed by atoms with Crippen LogP contribution in [-0.4, -0.2) is 33.7 Å². The van der Waals surface area contributed by atoms with Crippen molar-refractivity contribution in [2.24, 2.45) is 0 Å². The first-order valence-corrected chi connectivity index (χ1v) is 11.4. The summed E-state index contributed by atoms with van der Waals surface area (Å²) in [4.78, 5) is 33.9. The van der Waals surface area contributed by atoms with E-state index in [1.165, 1.54) is 17.3 Å². The lowest BCUT2D eigenvalue weighted by molar-refractivity contribution is -0.113. The van der Waals surface area contributed by atoms with E-state index in [1.807, 2.05) is 6.07 Å². The van der Waals surface area contributed by atoms with Gasteiger partial charge in [-0.25, -0.2) is 14.8 Å². The van der Waals surface area contributed by atoms with Crippen LogP contribution >= 0.6 is 23.1 Å². The van der Waals surface area contributed by atoms with Crippen molar-refractivity contribution in [3.8, 4) is 0 Å². The average molecular weight is 444 g/mol. The minimum atomic E-state index is -0.420. The fraction of sp³-hybridized carbons (Fsp3) is 0.364. The molecule has 0 bridgehead atoms. The van der Waals surface area contributed by atoms with E-state index in [1.54, 1.807) is 20.8 Å². The zero-order valence-electron chi connectivity index (χ0n) is 18.0. The number of nitrogens with zero attached hydrogens (tertiary/aromatic N) is 2. The fourth-order valence-electron chi connectivity index (χ4n) is 3.09. The number of ether oxygens (including phenoxy) is 1. The van der Waals surface area contributed by atoms with Crippen LogP contribution in [0.15, 0.2) is 23.2 Å². The second kappa shape index (κ2) is 9.14. The van der Waals surface area contributed by atoms with Gasteiger partial charge in [0.25, 0.3) is 0 Å². The van der Waals surface area contributed by atoms with Crippen molar-refractivity contribution in [1.29, 1.82) is 0 Å². The highest BCUT2D eigenvalue weighted by Gasteiger charge is 2.19. The molecule has 0 saturated heterocycles. The largest absolute Gasteiger partial charge is 0.459 e. The maximum absolute atomic E-state index is 12.4. The van der Waals surface area contributed by atoms with E-state index in [9.17, 15) is 9.59 Å². The first-order chi connectivity index (χ1) is 14.1. The molecule has 0 fully saturated rings. The Hall–Kier alpha value is -2.45. The maximum atomic E-state index is 12.4. The molecule has 0 aliphatic rings. The van der Waals surface area contributed by atoms with Gasteiger partial charge in [-0.05, 0) is 64.8 Å². The number of carbonyl (C=O) groups excluding carboxylic acids is 2. The van der Waals surface area contributed by atoms with Crippen molar-refractivity contribution < 1.29 is 14.3 Å². The fourth-order valence-corrected chi connectivity index (χ4v) is 4.72. The Morgan fingerprint density at radius 2 is 1.83 bits per heavy atom. The molecule has 0 saturated carbocycles. The van der Waals surface area contributed by atoms with Crippen LogP contribution in [0.3, 0.4) is 0 Å². The molecule has 1 amide bonds. The Morgan fingerprint density at radius 3 is 2.53 bits per heavy atom. The van der Waals surface area contributed by atoms with E-state index in [0.29, 0.717) is 15.7 Å². The van der Waals surface area contributed by atoms with Gasteiger partial charge in [0.05, 0.1) is 28.1 Å². The van der Waals surface area contributed by atoms with E-state index < -0.39 is 5.97 Å². The van der Waals surface area contributed by atoms with Gasteiger partial charge in [0.2, 0.25) is 5.91 Å². The summed E-state index contributed by atoms with van der Waals surface area (Å²) in [6.45, 7) is 11.5. The zero-order chi connectivity index (χ0) is 22.0. The van der Waals surface area contributed by atoms with Crippen LogP contribution in [0.5, 0.6) is 0 Å². The molecule has 0 aliphatic heterocycles. The SMILES string of the molecule is Cc1cc(C)c2nc(SCC(=O)Nc3nc(C)c(C(=O)OC(C)C)s3)cc(C)c2c1. The molecule has 0 atom stereocenters. The monoisotopic (exact) mass is 443 g/mol. The molecule has 6 nitrogen and oxygen atoms in total. The number of thiazole rings is 1. The van der Waals surface area contributed by atoms with Crippen molar-refractivity contribution in [2.45, 2.75) is 52.7 Å². The van der Waals surface area contributed by atoms with Crippen molar-refractivity contribution in [3.05, 3.63) is 45.5 Å². The average Bonchev–Trinajstić information content (AvgIpc) is 3.00. The number of esters is 1. The highest BCUT2D eigenvalue weighted by molar-refractivity contribution is 7.99. The van der Waals surface area contributed by atoms with Gasteiger partial charge >= 0.3 is 5.97 Å². The van der Waals surface area contributed by atoms with Crippen LogP contribution in [0.4, 0.5) is 5.13 Å². The summed E-state index contributed by atoms with van der Waals surface area (Å²) in [5, 5.41) is 5.10. The number of benzene rings is 1. The van der Waals surface area contributed by atoms with Gasteiger partial charge in [0.1, 0.15) is 4.88 Å². The van der Waals surface area contributed by atoms with Gasteiger partial charge < -0.3 is 10.1 Å². The van der Waals surface area contributed by atoms with Gasteiger partial charge in [0, 0.05) is 5.39 Å². The molecule has 1 N–H and O–H groups in total. The number of carbonyl (C=O) groups is 2. The molecule has 158 valence electrons. The number of thioether (sulfide) groups is 1. The Morgan fingerprint density at radius 1 is 1.10 bits per heavy atom.